The molecule has 2 heterocycles. The van der Waals surface area contributed by atoms with Gasteiger partial charge < -0.3 is 10.0 Å². The van der Waals surface area contributed by atoms with Crippen molar-refractivity contribution in [3.8, 4) is 0 Å². The lowest BCUT2D eigenvalue weighted by Gasteiger charge is -2.48. The molecule has 0 amide bonds. The van der Waals surface area contributed by atoms with Crippen LogP contribution in [0.5, 0.6) is 0 Å². The average molecular weight is 360 g/mol. The van der Waals surface area contributed by atoms with Gasteiger partial charge >= 0.3 is 0 Å². The third-order valence-corrected chi connectivity index (χ3v) is 6.26. The molecule has 1 atom stereocenters. The fourth-order valence-electron chi connectivity index (χ4n) is 4.77. The number of benzene rings is 1. The van der Waals surface area contributed by atoms with E-state index in [-0.39, 0.29) is 0 Å². The first-order valence-corrected chi connectivity index (χ1v) is 10.5. The van der Waals surface area contributed by atoms with Gasteiger partial charge in [0.25, 0.3) is 0 Å². The zero-order valence-corrected chi connectivity index (χ0v) is 16.9. The molecule has 0 aliphatic carbocycles. The summed E-state index contributed by atoms with van der Waals surface area (Å²) in [6.07, 6.45) is 3.45. The maximum Gasteiger partial charge on any atom is 0.0446 e. The third-order valence-electron chi connectivity index (χ3n) is 6.26. The first kappa shape index (κ1) is 19.8. The van der Waals surface area contributed by atoms with Crippen LogP contribution in [0.15, 0.2) is 24.3 Å². The number of piperidine rings is 1. The van der Waals surface area contributed by atoms with Crippen LogP contribution in [0.4, 0.5) is 0 Å². The number of nitrogens with zero attached hydrogens (tertiary/aromatic N) is 3. The molecule has 0 saturated carbocycles. The number of piperazine rings is 1. The summed E-state index contributed by atoms with van der Waals surface area (Å²) < 4.78 is 0. The van der Waals surface area contributed by atoms with Crippen molar-refractivity contribution in [2.24, 2.45) is 0 Å². The summed E-state index contributed by atoms with van der Waals surface area (Å²) in [4.78, 5) is 7.90. The number of rotatable bonds is 6. The predicted octanol–water partition coefficient (Wildman–Crippen LogP) is 2.74. The Hall–Kier alpha value is -0.940. The number of likely N-dealkylation sites (tertiary alicyclic amines) is 1. The van der Waals surface area contributed by atoms with E-state index in [0.717, 1.165) is 32.6 Å². The Labute approximate surface area is 159 Å². The number of aliphatic hydroxyl groups is 1. The van der Waals surface area contributed by atoms with E-state index in [1.54, 1.807) is 0 Å². The van der Waals surface area contributed by atoms with Crippen LogP contribution in [-0.2, 0) is 6.54 Å². The Balaban J connectivity index is 1.58. The van der Waals surface area contributed by atoms with Gasteiger partial charge in [0, 0.05) is 50.9 Å². The minimum Gasteiger partial charge on any atom is -0.396 e. The smallest absolute Gasteiger partial charge is 0.0446 e. The molecule has 0 spiro atoms. The van der Waals surface area contributed by atoms with E-state index in [1.807, 2.05) is 0 Å². The van der Waals surface area contributed by atoms with E-state index in [0.29, 0.717) is 24.7 Å². The van der Waals surface area contributed by atoms with Gasteiger partial charge in [0.1, 0.15) is 0 Å². The van der Waals surface area contributed by atoms with Gasteiger partial charge in [-0.15, -0.1) is 0 Å². The molecule has 3 rings (SSSR count). The first-order chi connectivity index (χ1) is 12.6. The molecule has 4 heteroatoms. The highest BCUT2D eigenvalue weighted by Crippen LogP contribution is 2.25. The van der Waals surface area contributed by atoms with E-state index in [4.69, 9.17) is 0 Å². The van der Waals surface area contributed by atoms with Gasteiger partial charge in [0.15, 0.2) is 0 Å². The fourth-order valence-corrected chi connectivity index (χ4v) is 4.77. The van der Waals surface area contributed by atoms with Crippen molar-refractivity contribution in [3.63, 3.8) is 0 Å². The van der Waals surface area contributed by atoms with Crippen LogP contribution in [0.2, 0.25) is 0 Å². The van der Waals surface area contributed by atoms with E-state index in [9.17, 15) is 5.11 Å². The second-order valence-electron chi connectivity index (χ2n) is 8.49. The SMILES string of the molecule is Cc1cccc(CN2CCN(C3CCN(C(C)C)CC3)[C@@H](CCO)C2)c1. The van der Waals surface area contributed by atoms with Crippen molar-refractivity contribution >= 4 is 0 Å². The molecule has 1 N–H and O–H groups in total. The van der Waals surface area contributed by atoms with Crippen molar-refractivity contribution < 1.29 is 5.11 Å². The van der Waals surface area contributed by atoms with Crippen LogP contribution >= 0.6 is 0 Å². The number of hydrogen-bond acceptors (Lipinski definition) is 4. The maximum atomic E-state index is 9.61. The van der Waals surface area contributed by atoms with Gasteiger partial charge in [0.2, 0.25) is 0 Å². The van der Waals surface area contributed by atoms with Gasteiger partial charge in [-0.05, 0) is 58.7 Å². The van der Waals surface area contributed by atoms with Crippen molar-refractivity contribution in [1.29, 1.82) is 0 Å². The summed E-state index contributed by atoms with van der Waals surface area (Å²) in [6, 6.07) is 10.7. The Morgan fingerprint density at radius 1 is 1.12 bits per heavy atom. The molecular weight excluding hydrogens is 322 g/mol. The third kappa shape index (κ3) is 5.07. The van der Waals surface area contributed by atoms with Crippen LogP contribution in [0.1, 0.15) is 44.2 Å². The molecule has 1 aromatic rings. The summed E-state index contributed by atoms with van der Waals surface area (Å²) >= 11 is 0. The highest BCUT2D eigenvalue weighted by molar-refractivity contribution is 5.22. The van der Waals surface area contributed by atoms with Gasteiger partial charge in [-0.2, -0.15) is 0 Å². The molecule has 2 fully saturated rings. The zero-order valence-electron chi connectivity index (χ0n) is 16.9. The van der Waals surface area contributed by atoms with Crippen LogP contribution in [-0.4, -0.2) is 77.3 Å². The lowest BCUT2D eigenvalue weighted by Crippen LogP contribution is -2.58. The molecule has 2 saturated heterocycles. The highest BCUT2D eigenvalue weighted by atomic mass is 16.3. The first-order valence-electron chi connectivity index (χ1n) is 10.5. The van der Waals surface area contributed by atoms with E-state index in [2.05, 4.69) is 59.7 Å². The lowest BCUT2D eigenvalue weighted by atomic mass is 9.97. The normalized spacial score (nSPS) is 24.4. The number of hydrogen-bond donors (Lipinski definition) is 1. The van der Waals surface area contributed by atoms with Crippen LogP contribution < -0.4 is 0 Å². The second kappa shape index (κ2) is 9.32. The summed E-state index contributed by atoms with van der Waals surface area (Å²) in [5, 5.41) is 9.61. The van der Waals surface area contributed by atoms with Crippen molar-refractivity contribution in [2.45, 2.75) is 64.7 Å². The van der Waals surface area contributed by atoms with Gasteiger partial charge in [-0.3, -0.25) is 9.80 Å². The zero-order chi connectivity index (χ0) is 18.5. The Kier molecular flexibility index (Phi) is 7.10. The summed E-state index contributed by atoms with van der Waals surface area (Å²) in [5.41, 5.74) is 2.75. The molecule has 0 unspecified atom stereocenters. The molecule has 4 nitrogen and oxygen atoms in total. The molecule has 0 bridgehead atoms. The maximum absolute atomic E-state index is 9.61. The van der Waals surface area contributed by atoms with Crippen LogP contribution in [0, 0.1) is 6.92 Å². The number of aryl methyl sites for hydroxylation is 1. The monoisotopic (exact) mass is 359 g/mol. The van der Waals surface area contributed by atoms with Crippen LogP contribution in [0.3, 0.4) is 0 Å². The second-order valence-corrected chi connectivity index (χ2v) is 8.49. The predicted molar refractivity (Wildman–Crippen MR) is 108 cm³/mol. The molecular formula is C22H37N3O. The van der Waals surface area contributed by atoms with Gasteiger partial charge in [-0.25, -0.2) is 0 Å². The van der Waals surface area contributed by atoms with Gasteiger partial charge in [0.05, 0.1) is 0 Å². The lowest BCUT2D eigenvalue weighted by molar-refractivity contribution is -0.0000313. The largest absolute Gasteiger partial charge is 0.396 e. The molecule has 0 radical (unpaired) electrons. The summed E-state index contributed by atoms with van der Waals surface area (Å²) in [6.45, 7) is 13.9. The van der Waals surface area contributed by atoms with Crippen molar-refractivity contribution in [1.82, 2.24) is 14.7 Å². The molecule has 1 aromatic carbocycles. The summed E-state index contributed by atoms with van der Waals surface area (Å²) in [7, 11) is 0. The molecule has 2 aliphatic heterocycles. The molecule has 2 aliphatic rings. The Bertz CT molecular complexity index is 554. The highest BCUT2D eigenvalue weighted by Gasteiger charge is 2.33. The van der Waals surface area contributed by atoms with Gasteiger partial charge in [-0.1, -0.05) is 29.8 Å². The minimum absolute atomic E-state index is 0.296. The Morgan fingerprint density at radius 2 is 1.88 bits per heavy atom. The van der Waals surface area contributed by atoms with Crippen molar-refractivity contribution in [2.75, 3.05) is 39.3 Å². The standard InChI is InChI=1S/C22H37N3O/c1-18(2)24-10-7-21(8-11-24)25-13-12-23(17-22(25)9-14-26)16-20-6-4-5-19(3)15-20/h4-6,15,18,21-22,26H,7-14,16-17H2,1-3H3/t22-/m0/s1. The average Bonchev–Trinajstić information content (AvgIpc) is 2.62. The van der Waals surface area contributed by atoms with Crippen molar-refractivity contribution in [3.05, 3.63) is 35.4 Å². The van der Waals surface area contributed by atoms with E-state index in [1.165, 1.54) is 37.1 Å². The quantitative estimate of drug-likeness (QED) is 0.846. The molecule has 146 valence electrons. The molecule has 26 heavy (non-hydrogen) atoms. The number of aliphatic hydroxyl groups excluding tert-OH is 1. The van der Waals surface area contributed by atoms with E-state index < -0.39 is 0 Å². The Morgan fingerprint density at radius 3 is 2.54 bits per heavy atom. The van der Waals surface area contributed by atoms with E-state index >= 15 is 0 Å². The summed E-state index contributed by atoms with van der Waals surface area (Å²) in [5.74, 6) is 0. The van der Waals surface area contributed by atoms with Crippen LogP contribution in [0.25, 0.3) is 0 Å². The fraction of sp³-hybridized carbons (Fsp3) is 0.727. The molecule has 0 aromatic heterocycles. The minimum atomic E-state index is 0.296. The topological polar surface area (TPSA) is 30.0 Å².